The van der Waals surface area contributed by atoms with Gasteiger partial charge in [0.25, 0.3) is 0 Å². The van der Waals surface area contributed by atoms with Crippen molar-refractivity contribution in [3.8, 4) is 0 Å². The zero-order valence-corrected chi connectivity index (χ0v) is 12.0. The number of ether oxygens (including phenoxy) is 2. The molecule has 2 N–H and O–H groups in total. The Morgan fingerprint density at radius 1 is 1.19 bits per heavy atom. The minimum Gasteiger partial charge on any atom is -0.367 e. The molecule has 4 rings (SSSR count). The Hall–Kier alpha value is -1.73. The number of H-pyrrole nitrogens is 1. The molecule has 21 heavy (non-hydrogen) atoms. The van der Waals surface area contributed by atoms with Gasteiger partial charge in [0.2, 0.25) is 6.20 Å². The van der Waals surface area contributed by atoms with Gasteiger partial charge < -0.3 is 19.7 Å². The molecular formula is C14H20N5O2+. The number of piperidine rings is 1. The number of aliphatic imine (C=N–C) groups is 1. The van der Waals surface area contributed by atoms with Crippen molar-refractivity contribution in [2.24, 2.45) is 4.99 Å². The van der Waals surface area contributed by atoms with Crippen LogP contribution in [0.3, 0.4) is 0 Å². The third-order valence-electron chi connectivity index (χ3n) is 4.25. The van der Waals surface area contributed by atoms with Gasteiger partial charge in [0, 0.05) is 32.5 Å². The predicted molar refractivity (Wildman–Crippen MR) is 76.3 cm³/mol. The van der Waals surface area contributed by atoms with Gasteiger partial charge in [-0.25, -0.2) is 9.97 Å². The fourth-order valence-electron chi connectivity index (χ4n) is 3.10. The molecule has 0 amide bonds. The number of rotatable bonds is 2. The molecule has 1 spiro atoms. The molecule has 1 aromatic heterocycles. The van der Waals surface area contributed by atoms with E-state index in [0.29, 0.717) is 13.2 Å². The van der Waals surface area contributed by atoms with Crippen molar-refractivity contribution in [3.05, 3.63) is 18.1 Å². The van der Waals surface area contributed by atoms with Crippen LogP contribution in [0.2, 0.25) is 0 Å². The van der Waals surface area contributed by atoms with Gasteiger partial charge in [0.15, 0.2) is 29.3 Å². The van der Waals surface area contributed by atoms with Crippen LogP contribution in [0.15, 0.2) is 17.4 Å². The van der Waals surface area contributed by atoms with Crippen LogP contribution in [0.5, 0.6) is 0 Å². The van der Waals surface area contributed by atoms with E-state index in [9.17, 15) is 0 Å². The highest BCUT2D eigenvalue weighted by atomic mass is 16.7. The van der Waals surface area contributed by atoms with Crippen LogP contribution in [0.4, 0.5) is 5.82 Å². The van der Waals surface area contributed by atoms with Crippen molar-refractivity contribution in [2.45, 2.75) is 18.6 Å². The zero-order valence-electron chi connectivity index (χ0n) is 12.0. The molecule has 3 aliphatic rings. The van der Waals surface area contributed by atoms with Crippen molar-refractivity contribution in [3.63, 3.8) is 0 Å². The molecule has 0 aromatic carbocycles. The Bertz CT molecular complexity index is 546. The van der Waals surface area contributed by atoms with Crippen molar-refractivity contribution in [1.29, 1.82) is 0 Å². The predicted octanol–water partition coefficient (Wildman–Crippen LogP) is -0.411. The summed E-state index contributed by atoms with van der Waals surface area (Å²) in [6, 6.07) is 0. The first-order chi connectivity index (χ1) is 10.3. The lowest BCUT2D eigenvalue weighted by Crippen LogP contribution is -2.45. The van der Waals surface area contributed by atoms with Crippen molar-refractivity contribution >= 4 is 11.7 Å². The minimum atomic E-state index is -0.338. The van der Waals surface area contributed by atoms with E-state index < -0.39 is 0 Å². The smallest absolute Gasteiger partial charge is 0.210 e. The summed E-state index contributed by atoms with van der Waals surface area (Å²) in [6.07, 6.45) is 5.60. The molecule has 0 aliphatic carbocycles. The summed E-state index contributed by atoms with van der Waals surface area (Å²) in [6.45, 7) is 4.93. The van der Waals surface area contributed by atoms with Gasteiger partial charge in [-0.05, 0) is 0 Å². The highest BCUT2D eigenvalue weighted by Gasteiger charge is 2.40. The van der Waals surface area contributed by atoms with Gasteiger partial charge in [0.05, 0.1) is 19.8 Å². The molecule has 0 bridgehead atoms. The number of nitrogens with one attached hydrogen (secondary N) is 2. The Balaban J connectivity index is 1.48. The van der Waals surface area contributed by atoms with Crippen molar-refractivity contribution < 1.29 is 14.5 Å². The maximum atomic E-state index is 5.76. The molecule has 0 radical (unpaired) electrons. The van der Waals surface area contributed by atoms with Crippen LogP contribution < -0.4 is 15.2 Å². The van der Waals surface area contributed by atoms with E-state index in [4.69, 9.17) is 14.5 Å². The van der Waals surface area contributed by atoms with Gasteiger partial charge in [-0.2, -0.15) is 0 Å². The van der Waals surface area contributed by atoms with Crippen molar-refractivity contribution in [1.82, 2.24) is 10.3 Å². The summed E-state index contributed by atoms with van der Waals surface area (Å²) < 4.78 is 11.5. The van der Waals surface area contributed by atoms with Crippen LogP contribution in [0.1, 0.15) is 18.5 Å². The lowest BCUT2D eigenvalue weighted by molar-refractivity contribution is -0.378. The van der Waals surface area contributed by atoms with Gasteiger partial charge in [0.1, 0.15) is 0 Å². The second-order valence-corrected chi connectivity index (χ2v) is 5.56. The van der Waals surface area contributed by atoms with E-state index in [0.717, 1.165) is 56.4 Å². The van der Waals surface area contributed by atoms with Crippen LogP contribution >= 0.6 is 0 Å². The second-order valence-electron chi connectivity index (χ2n) is 5.56. The number of anilines is 1. The normalized spacial score (nSPS) is 24.2. The highest BCUT2D eigenvalue weighted by molar-refractivity contribution is 5.97. The van der Waals surface area contributed by atoms with Crippen LogP contribution in [0, 0.1) is 0 Å². The van der Waals surface area contributed by atoms with E-state index in [1.165, 1.54) is 0 Å². The third kappa shape index (κ3) is 2.47. The zero-order chi connectivity index (χ0) is 14.1. The Kier molecular flexibility index (Phi) is 3.23. The minimum absolute atomic E-state index is 0.338. The van der Waals surface area contributed by atoms with E-state index in [1.54, 1.807) is 0 Å². The van der Waals surface area contributed by atoms with Crippen LogP contribution in [0.25, 0.3) is 0 Å². The highest BCUT2D eigenvalue weighted by Crippen LogP contribution is 2.32. The topological polar surface area (TPSA) is 73.1 Å². The summed E-state index contributed by atoms with van der Waals surface area (Å²) >= 11 is 0. The average Bonchev–Trinajstić information content (AvgIpc) is 3.20. The molecule has 0 atom stereocenters. The number of aromatic amines is 1. The SMILES string of the molecule is c1[nH+]cc(N2CCC3(CC2)OCCO3)nc1C1=NCCN1. The molecule has 112 valence electrons. The van der Waals surface area contributed by atoms with Gasteiger partial charge in [-0.3, -0.25) is 4.99 Å². The fourth-order valence-corrected chi connectivity index (χ4v) is 3.10. The first kappa shape index (κ1) is 13.0. The largest absolute Gasteiger partial charge is 0.367 e. The summed E-state index contributed by atoms with van der Waals surface area (Å²) in [5, 5.41) is 3.25. The molecule has 2 saturated heterocycles. The summed E-state index contributed by atoms with van der Waals surface area (Å²) in [5.41, 5.74) is 0.874. The number of hydrogen-bond donors (Lipinski definition) is 1. The number of hydrogen-bond acceptors (Lipinski definition) is 6. The maximum Gasteiger partial charge on any atom is 0.210 e. The number of aromatic nitrogens is 2. The molecule has 4 heterocycles. The monoisotopic (exact) mass is 290 g/mol. The first-order valence-electron chi connectivity index (χ1n) is 7.54. The van der Waals surface area contributed by atoms with Crippen molar-refractivity contribution in [2.75, 3.05) is 44.3 Å². The fraction of sp³-hybridized carbons (Fsp3) is 0.643. The van der Waals surface area contributed by atoms with E-state index in [1.807, 2.05) is 12.4 Å². The molecular weight excluding hydrogens is 270 g/mol. The lowest BCUT2D eigenvalue weighted by atomic mass is 10.0. The standard InChI is InChI=1S/C14H19N5O2/c1-5-19(6-2-14(1)20-7-8-21-14)12-10-15-9-11(18-12)13-16-3-4-17-13/h9-10H,1-8H2,(H,16,17)/p+1. The average molecular weight is 290 g/mol. The summed E-state index contributed by atoms with van der Waals surface area (Å²) in [4.78, 5) is 14.6. The first-order valence-corrected chi connectivity index (χ1v) is 7.54. The van der Waals surface area contributed by atoms with E-state index >= 15 is 0 Å². The third-order valence-corrected chi connectivity index (χ3v) is 4.25. The van der Waals surface area contributed by atoms with Crippen LogP contribution in [-0.2, 0) is 9.47 Å². The summed E-state index contributed by atoms with van der Waals surface area (Å²) in [5.74, 6) is 1.50. The summed E-state index contributed by atoms with van der Waals surface area (Å²) in [7, 11) is 0. The van der Waals surface area contributed by atoms with E-state index in [2.05, 4.69) is 20.2 Å². The Labute approximate surface area is 123 Å². The molecule has 0 unspecified atom stereocenters. The quantitative estimate of drug-likeness (QED) is 0.801. The lowest BCUT2D eigenvalue weighted by Gasteiger charge is -2.37. The maximum absolute atomic E-state index is 5.76. The second kappa shape index (κ2) is 5.23. The molecule has 7 heteroatoms. The number of nitrogens with zero attached hydrogens (tertiary/aromatic N) is 3. The molecule has 3 aliphatic heterocycles. The molecule has 0 saturated carbocycles. The van der Waals surface area contributed by atoms with Gasteiger partial charge >= 0.3 is 0 Å². The van der Waals surface area contributed by atoms with Gasteiger partial charge in [-0.1, -0.05) is 0 Å². The Morgan fingerprint density at radius 3 is 2.71 bits per heavy atom. The molecule has 7 nitrogen and oxygen atoms in total. The number of amidine groups is 1. The van der Waals surface area contributed by atoms with Crippen LogP contribution in [-0.4, -0.2) is 56.0 Å². The Morgan fingerprint density at radius 2 is 2.00 bits per heavy atom. The molecule has 2 fully saturated rings. The van der Waals surface area contributed by atoms with E-state index in [-0.39, 0.29) is 5.79 Å². The molecule has 1 aromatic rings. The van der Waals surface area contributed by atoms with Gasteiger partial charge in [-0.15, -0.1) is 0 Å².